The van der Waals surface area contributed by atoms with Gasteiger partial charge in [-0.15, -0.1) is 0 Å². The molecule has 1 heterocycles. The fraction of sp³-hybridized carbons (Fsp3) is 0.462. The lowest BCUT2D eigenvalue weighted by atomic mass is 9.89. The van der Waals surface area contributed by atoms with Gasteiger partial charge in [-0.3, -0.25) is 4.79 Å². The lowest BCUT2D eigenvalue weighted by molar-refractivity contribution is 0.0599. The smallest absolute Gasteiger partial charge is 0.405 e. The van der Waals surface area contributed by atoms with Gasteiger partial charge in [-0.2, -0.15) is 0 Å². The van der Waals surface area contributed by atoms with E-state index in [2.05, 4.69) is 21.8 Å². The predicted molar refractivity (Wildman–Crippen MR) is 129 cm³/mol. The monoisotopic (exact) mass is 457 g/mol. The Kier molecular flexibility index (Phi) is 9.85. The van der Waals surface area contributed by atoms with E-state index in [4.69, 9.17) is 11.5 Å². The first-order chi connectivity index (χ1) is 15.5. The largest absolute Gasteiger partial charge is 0.444 e. The van der Waals surface area contributed by atoms with Crippen LogP contribution in [0.4, 0.5) is 14.9 Å². The molecule has 4 N–H and O–H groups in total. The number of nitrogens with two attached hydrogens (primary N) is 2. The summed E-state index contributed by atoms with van der Waals surface area (Å²) in [6.45, 7) is 8.26. The van der Waals surface area contributed by atoms with Crippen LogP contribution >= 0.6 is 0 Å². The van der Waals surface area contributed by atoms with E-state index in [0.29, 0.717) is 5.56 Å². The highest BCUT2D eigenvalue weighted by molar-refractivity contribution is 5.97. The van der Waals surface area contributed by atoms with Gasteiger partial charge in [-0.25, -0.2) is 9.18 Å². The number of nitrogen functional groups attached to an aromatic ring is 1. The van der Waals surface area contributed by atoms with Gasteiger partial charge < -0.3 is 21.1 Å². The molecule has 0 aromatic heterocycles. The first kappa shape index (κ1) is 26.3. The molecule has 1 fully saturated rings. The number of benzene rings is 2. The van der Waals surface area contributed by atoms with Crippen LogP contribution in [0.1, 0.15) is 56.0 Å². The maximum Gasteiger partial charge on any atom is 0.405 e. The van der Waals surface area contributed by atoms with E-state index in [1.165, 1.54) is 17.7 Å². The van der Waals surface area contributed by atoms with Crippen molar-refractivity contribution in [1.82, 2.24) is 4.90 Å². The molecule has 0 unspecified atom stereocenters. The Morgan fingerprint density at radius 1 is 1.03 bits per heavy atom. The minimum Gasteiger partial charge on any atom is -0.444 e. The Morgan fingerprint density at radius 2 is 1.61 bits per heavy atom. The minimum absolute atomic E-state index is 0.0683. The molecular formula is C26H36FN3O3. The lowest BCUT2D eigenvalue weighted by Crippen LogP contribution is -2.37. The summed E-state index contributed by atoms with van der Waals surface area (Å²) >= 11 is 0. The van der Waals surface area contributed by atoms with Gasteiger partial charge in [-0.05, 0) is 108 Å². The number of Topliss-reactive ketones (excluding diaryl/α,β-unsaturated/α-hetero) is 1. The van der Waals surface area contributed by atoms with Gasteiger partial charge in [-0.1, -0.05) is 12.1 Å². The maximum atomic E-state index is 13.0. The number of ketones is 1. The van der Waals surface area contributed by atoms with E-state index in [1.807, 2.05) is 12.1 Å². The average Bonchev–Trinajstić information content (AvgIpc) is 2.74. The second-order valence-corrected chi connectivity index (χ2v) is 9.37. The Labute approximate surface area is 196 Å². The van der Waals surface area contributed by atoms with Crippen molar-refractivity contribution in [1.29, 1.82) is 0 Å². The lowest BCUT2D eigenvalue weighted by Gasteiger charge is -2.31. The van der Waals surface area contributed by atoms with Crippen LogP contribution in [0, 0.1) is 11.7 Å². The van der Waals surface area contributed by atoms with Crippen LogP contribution in [0.3, 0.4) is 0 Å². The average molecular weight is 458 g/mol. The zero-order valence-corrected chi connectivity index (χ0v) is 19.9. The zero-order valence-electron chi connectivity index (χ0n) is 19.9. The van der Waals surface area contributed by atoms with Gasteiger partial charge in [0.2, 0.25) is 0 Å². The molecule has 2 aromatic carbocycles. The number of hydrogen-bond donors (Lipinski definition) is 2. The van der Waals surface area contributed by atoms with Crippen LogP contribution in [-0.2, 0) is 11.2 Å². The molecule has 0 saturated carbocycles. The molecular weight excluding hydrogens is 421 g/mol. The third-order valence-electron chi connectivity index (χ3n) is 5.41. The Bertz CT molecular complexity index is 884. The number of hydrogen-bond acceptors (Lipinski definition) is 5. The summed E-state index contributed by atoms with van der Waals surface area (Å²) in [5.41, 5.74) is 12.7. The molecule has 0 spiro atoms. The number of halogens is 1. The summed E-state index contributed by atoms with van der Waals surface area (Å²) in [6, 6.07) is 14.0. The number of likely N-dealkylation sites (tertiary alicyclic amines) is 1. The van der Waals surface area contributed by atoms with Gasteiger partial charge >= 0.3 is 6.09 Å². The van der Waals surface area contributed by atoms with Crippen molar-refractivity contribution in [3.05, 3.63) is 65.5 Å². The Balaban J connectivity index is 0.000000414. The number of rotatable bonds is 6. The van der Waals surface area contributed by atoms with E-state index in [0.717, 1.165) is 51.0 Å². The molecule has 0 aliphatic carbocycles. The Morgan fingerprint density at radius 3 is 2.09 bits per heavy atom. The van der Waals surface area contributed by atoms with Crippen LogP contribution in [0.15, 0.2) is 48.5 Å². The van der Waals surface area contributed by atoms with Crippen LogP contribution in [-0.4, -0.2) is 42.0 Å². The van der Waals surface area contributed by atoms with Crippen molar-refractivity contribution in [3.8, 4) is 0 Å². The molecule has 6 nitrogen and oxygen atoms in total. The van der Waals surface area contributed by atoms with Crippen LogP contribution in [0.5, 0.6) is 0 Å². The highest BCUT2D eigenvalue weighted by Gasteiger charge is 2.25. The normalized spacial score (nSPS) is 14.8. The summed E-state index contributed by atoms with van der Waals surface area (Å²) in [6.07, 6.45) is 3.21. The number of primary amides is 1. The number of ether oxygens (including phenoxy) is 1. The fourth-order valence-corrected chi connectivity index (χ4v) is 3.76. The van der Waals surface area contributed by atoms with E-state index in [1.54, 1.807) is 32.9 Å². The predicted octanol–water partition coefficient (Wildman–Crippen LogP) is 4.82. The molecule has 33 heavy (non-hydrogen) atoms. The molecule has 1 aliphatic heterocycles. The number of nitrogens with zero attached hydrogens (tertiary/aromatic N) is 1. The number of carbonyl (C=O) groups excluding carboxylic acids is 2. The van der Waals surface area contributed by atoms with Crippen molar-refractivity contribution in [3.63, 3.8) is 0 Å². The molecule has 0 atom stereocenters. The van der Waals surface area contributed by atoms with Gasteiger partial charge in [0.15, 0.2) is 5.78 Å². The van der Waals surface area contributed by atoms with Gasteiger partial charge in [0, 0.05) is 17.2 Å². The molecule has 0 bridgehead atoms. The second kappa shape index (κ2) is 12.3. The van der Waals surface area contributed by atoms with Gasteiger partial charge in [0.1, 0.15) is 11.4 Å². The zero-order chi connectivity index (χ0) is 24.4. The summed E-state index contributed by atoms with van der Waals surface area (Å²) < 4.78 is 17.6. The summed E-state index contributed by atoms with van der Waals surface area (Å²) in [4.78, 5) is 24.9. The second-order valence-electron chi connectivity index (χ2n) is 9.37. The number of anilines is 1. The molecule has 1 amide bonds. The highest BCUT2D eigenvalue weighted by atomic mass is 19.1. The van der Waals surface area contributed by atoms with E-state index < -0.39 is 11.7 Å². The van der Waals surface area contributed by atoms with E-state index in [-0.39, 0.29) is 17.5 Å². The SMILES string of the molecule is CC(C)(C)OC(N)=O.Nc1ccc(CCCN2CCC(C(=O)c3ccc(F)cc3)CC2)cc1. The van der Waals surface area contributed by atoms with Gasteiger partial charge in [0.05, 0.1) is 0 Å². The quantitative estimate of drug-likeness (QED) is 0.479. The van der Waals surface area contributed by atoms with Gasteiger partial charge in [0.25, 0.3) is 0 Å². The van der Waals surface area contributed by atoms with Crippen LogP contribution in [0.2, 0.25) is 0 Å². The number of carbonyl (C=O) groups is 2. The van der Waals surface area contributed by atoms with Crippen molar-refractivity contribution < 1.29 is 18.7 Å². The molecule has 0 radical (unpaired) electrons. The molecule has 1 saturated heterocycles. The standard InChI is InChI=1S/C21H25FN2O.C5H11NO2/c22-19-7-5-17(6-8-19)21(25)18-11-14-24(15-12-18)13-1-2-16-3-9-20(23)10-4-16;1-5(2,3)8-4(6)7/h3-10,18H,1-2,11-15,23H2;1-3H3,(H2,6,7). The molecule has 2 aromatic rings. The molecule has 3 rings (SSSR count). The molecule has 180 valence electrons. The van der Waals surface area contributed by atoms with E-state index in [9.17, 15) is 14.0 Å². The third kappa shape index (κ3) is 10.0. The fourth-order valence-electron chi connectivity index (χ4n) is 3.76. The van der Waals surface area contributed by atoms with E-state index >= 15 is 0 Å². The summed E-state index contributed by atoms with van der Waals surface area (Å²) in [7, 11) is 0. The number of aryl methyl sites for hydroxylation is 1. The third-order valence-corrected chi connectivity index (χ3v) is 5.41. The maximum absolute atomic E-state index is 13.0. The van der Waals surface area contributed by atoms with Crippen molar-refractivity contribution >= 4 is 17.6 Å². The first-order valence-corrected chi connectivity index (χ1v) is 11.4. The summed E-state index contributed by atoms with van der Waals surface area (Å²) in [5.74, 6) is -0.0761. The Hall–Kier alpha value is -2.93. The first-order valence-electron chi connectivity index (χ1n) is 11.4. The minimum atomic E-state index is -0.725. The van der Waals surface area contributed by atoms with Crippen LogP contribution < -0.4 is 11.5 Å². The molecule has 7 heteroatoms. The highest BCUT2D eigenvalue weighted by Crippen LogP contribution is 2.22. The topological polar surface area (TPSA) is 98.7 Å². The van der Waals surface area contributed by atoms with Crippen molar-refractivity contribution in [2.45, 2.75) is 52.1 Å². The number of piperidine rings is 1. The van der Waals surface area contributed by atoms with Crippen LogP contribution in [0.25, 0.3) is 0 Å². The summed E-state index contributed by atoms with van der Waals surface area (Å²) in [5, 5.41) is 0. The van der Waals surface area contributed by atoms with Crippen molar-refractivity contribution in [2.75, 3.05) is 25.4 Å². The molecule has 1 aliphatic rings. The number of amides is 1. The van der Waals surface area contributed by atoms with Crippen molar-refractivity contribution in [2.24, 2.45) is 11.7 Å².